The Balaban J connectivity index is 1.28. The van der Waals surface area contributed by atoms with Crippen LogP contribution in [0.25, 0.3) is 0 Å². The number of carbonyl (C=O) groups excluding carboxylic acids is 1. The fraction of sp³-hybridized carbons (Fsp3) is 0.462. The molecule has 0 aliphatic carbocycles. The van der Waals surface area contributed by atoms with Gasteiger partial charge in [-0.2, -0.15) is 0 Å². The van der Waals surface area contributed by atoms with Crippen molar-refractivity contribution in [3.63, 3.8) is 0 Å². The van der Waals surface area contributed by atoms with E-state index >= 15 is 0 Å². The summed E-state index contributed by atoms with van der Waals surface area (Å²) in [6, 6.07) is 10.8. The smallest absolute Gasteiger partial charge is 0.289 e. The highest BCUT2D eigenvalue weighted by Gasteiger charge is 2.24. The highest BCUT2D eigenvalue weighted by atomic mass is 16.5. The van der Waals surface area contributed by atoms with Crippen LogP contribution in [0.1, 0.15) is 55.2 Å². The van der Waals surface area contributed by atoms with E-state index in [1.807, 2.05) is 35.4 Å². The lowest BCUT2D eigenvalue weighted by molar-refractivity contribution is 0.0724. The van der Waals surface area contributed by atoms with Crippen LogP contribution in [0.3, 0.4) is 0 Å². The van der Waals surface area contributed by atoms with Gasteiger partial charge in [0.15, 0.2) is 5.76 Å². The molecule has 1 amide bonds. The number of benzene rings is 1. The van der Waals surface area contributed by atoms with Gasteiger partial charge >= 0.3 is 0 Å². The third kappa shape index (κ3) is 5.99. The molecule has 34 heavy (non-hydrogen) atoms. The fourth-order valence-corrected chi connectivity index (χ4v) is 3.81. The molecule has 3 heterocycles. The van der Waals surface area contributed by atoms with Gasteiger partial charge in [-0.3, -0.25) is 9.69 Å². The van der Waals surface area contributed by atoms with Crippen molar-refractivity contribution in [2.45, 2.75) is 45.8 Å². The number of amides is 1. The van der Waals surface area contributed by atoms with E-state index in [1.54, 1.807) is 19.2 Å². The molecule has 0 radical (unpaired) electrons. The van der Waals surface area contributed by atoms with E-state index in [0.717, 1.165) is 36.9 Å². The first-order chi connectivity index (χ1) is 16.3. The molecule has 0 unspecified atom stereocenters. The van der Waals surface area contributed by atoms with Crippen LogP contribution < -0.4 is 9.47 Å². The summed E-state index contributed by atoms with van der Waals surface area (Å²) in [6.45, 7) is 10.2. The monoisotopic (exact) mass is 467 g/mol. The maximum atomic E-state index is 13.0. The third-order valence-corrected chi connectivity index (χ3v) is 5.84. The molecule has 8 heteroatoms. The minimum Gasteiger partial charge on any atom is -0.497 e. The molecular formula is C26H33N3O5. The summed E-state index contributed by atoms with van der Waals surface area (Å²) in [5, 5.41) is 0. The Morgan fingerprint density at radius 2 is 1.76 bits per heavy atom. The van der Waals surface area contributed by atoms with Gasteiger partial charge in [-0.1, -0.05) is 20.8 Å². The fourth-order valence-electron chi connectivity index (χ4n) is 3.81. The summed E-state index contributed by atoms with van der Waals surface area (Å²) < 4.78 is 22.6. The van der Waals surface area contributed by atoms with Gasteiger partial charge in [-0.25, -0.2) is 4.98 Å². The van der Waals surface area contributed by atoms with E-state index in [2.05, 4.69) is 30.7 Å². The van der Waals surface area contributed by atoms with Crippen molar-refractivity contribution in [2.75, 3.05) is 33.3 Å². The van der Waals surface area contributed by atoms with E-state index in [9.17, 15) is 4.79 Å². The van der Waals surface area contributed by atoms with Crippen LogP contribution in [0.2, 0.25) is 0 Å². The van der Waals surface area contributed by atoms with Gasteiger partial charge in [0.05, 0.1) is 19.9 Å². The van der Waals surface area contributed by atoms with Gasteiger partial charge in [0.1, 0.15) is 29.6 Å². The zero-order chi connectivity index (χ0) is 24.1. The average molecular weight is 468 g/mol. The lowest BCUT2D eigenvalue weighted by Gasteiger charge is -2.20. The molecule has 1 aliphatic rings. The number of carbonyl (C=O) groups is 1. The molecule has 182 valence electrons. The molecule has 0 saturated carbocycles. The number of rotatable bonds is 7. The second-order valence-electron chi connectivity index (χ2n) is 9.52. The van der Waals surface area contributed by atoms with Gasteiger partial charge in [-0.05, 0) is 42.8 Å². The zero-order valence-corrected chi connectivity index (χ0v) is 20.4. The van der Waals surface area contributed by atoms with Crippen molar-refractivity contribution in [1.82, 2.24) is 14.8 Å². The number of hydrogen-bond acceptors (Lipinski definition) is 7. The van der Waals surface area contributed by atoms with Crippen LogP contribution in [0.15, 0.2) is 51.4 Å². The molecule has 0 atom stereocenters. The first-order valence-electron chi connectivity index (χ1n) is 11.6. The van der Waals surface area contributed by atoms with Crippen LogP contribution in [0.5, 0.6) is 11.5 Å². The summed E-state index contributed by atoms with van der Waals surface area (Å²) in [6.07, 6.45) is 2.70. The predicted octanol–water partition coefficient (Wildman–Crippen LogP) is 4.50. The predicted molar refractivity (Wildman–Crippen MR) is 127 cm³/mol. The standard InChI is InChI=1S/C26H33N3O5/c1-26(2,3)23-16-27-24(34-23)17-28-12-5-13-29(15-14-28)25(30)22-11-10-21(33-22)18-32-20-8-6-19(31-4)7-9-20/h6-11,16H,5,12-15,17-18H2,1-4H3. The molecule has 3 aromatic rings. The Hall–Kier alpha value is -3.26. The first kappa shape index (κ1) is 23.9. The maximum Gasteiger partial charge on any atom is 0.289 e. The van der Waals surface area contributed by atoms with Crippen LogP contribution in [-0.4, -0.2) is 54.0 Å². The summed E-state index contributed by atoms with van der Waals surface area (Å²) in [5.74, 6) is 3.93. The van der Waals surface area contributed by atoms with Crippen molar-refractivity contribution in [1.29, 1.82) is 0 Å². The third-order valence-electron chi connectivity index (χ3n) is 5.84. The van der Waals surface area contributed by atoms with E-state index in [-0.39, 0.29) is 17.9 Å². The van der Waals surface area contributed by atoms with Crippen LogP contribution in [0, 0.1) is 0 Å². The van der Waals surface area contributed by atoms with Crippen LogP contribution >= 0.6 is 0 Å². The Kier molecular flexibility index (Phi) is 7.26. The van der Waals surface area contributed by atoms with Gasteiger partial charge in [-0.15, -0.1) is 0 Å². The maximum absolute atomic E-state index is 13.0. The SMILES string of the molecule is COc1ccc(OCc2ccc(C(=O)N3CCCN(Cc4ncc(C(C)(C)C)o4)CC3)o2)cc1. The topological polar surface area (TPSA) is 81.2 Å². The minimum atomic E-state index is -0.0938. The summed E-state index contributed by atoms with van der Waals surface area (Å²) >= 11 is 0. The average Bonchev–Trinajstić information content (AvgIpc) is 3.43. The summed E-state index contributed by atoms with van der Waals surface area (Å²) in [5.41, 5.74) is -0.0607. The number of nitrogens with zero attached hydrogens (tertiary/aromatic N) is 3. The van der Waals surface area contributed by atoms with Gasteiger partial charge in [0.25, 0.3) is 5.91 Å². The molecule has 8 nitrogen and oxygen atoms in total. The molecule has 2 aromatic heterocycles. The van der Waals surface area contributed by atoms with E-state index in [1.165, 1.54) is 0 Å². The minimum absolute atomic E-state index is 0.0607. The number of hydrogen-bond donors (Lipinski definition) is 0. The van der Waals surface area contributed by atoms with E-state index in [4.69, 9.17) is 18.3 Å². The molecule has 4 rings (SSSR count). The van der Waals surface area contributed by atoms with Crippen LogP contribution in [-0.2, 0) is 18.6 Å². The molecule has 1 fully saturated rings. The molecule has 0 bridgehead atoms. The summed E-state index contributed by atoms with van der Waals surface area (Å²) in [4.78, 5) is 21.6. The first-order valence-corrected chi connectivity index (χ1v) is 11.6. The van der Waals surface area contributed by atoms with Crippen molar-refractivity contribution >= 4 is 5.91 Å². The summed E-state index contributed by atoms with van der Waals surface area (Å²) in [7, 11) is 1.62. The number of methoxy groups -OCH3 is 1. The van der Waals surface area contributed by atoms with Crippen molar-refractivity contribution in [3.05, 3.63) is 65.8 Å². The highest BCUT2D eigenvalue weighted by molar-refractivity contribution is 5.91. The largest absolute Gasteiger partial charge is 0.497 e. The van der Waals surface area contributed by atoms with Crippen molar-refractivity contribution in [2.24, 2.45) is 0 Å². The Labute approximate surface area is 200 Å². The van der Waals surface area contributed by atoms with E-state index in [0.29, 0.717) is 36.9 Å². The lowest BCUT2D eigenvalue weighted by Crippen LogP contribution is -2.35. The normalized spacial score (nSPS) is 15.2. The molecule has 1 aromatic carbocycles. The Bertz CT molecular complexity index is 1080. The zero-order valence-electron chi connectivity index (χ0n) is 20.4. The van der Waals surface area contributed by atoms with Crippen molar-refractivity contribution in [3.8, 4) is 11.5 Å². The second-order valence-corrected chi connectivity index (χ2v) is 9.52. The number of aromatic nitrogens is 1. The molecule has 0 N–H and O–H groups in total. The van der Waals surface area contributed by atoms with Crippen LogP contribution in [0.4, 0.5) is 0 Å². The molecule has 1 saturated heterocycles. The van der Waals surface area contributed by atoms with Gasteiger partial charge in [0, 0.05) is 31.6 Å². The van der Waals surface area contributed by atoms with Gasteiger partial charge < -0.3 is 23.2 Å². The lowest BCUT2D eigenvalue weighted by atomic mass is 9.94. The van der Waals surface area contributed by atoms with Crippen molar-refractivity contribution < 1.29 is 23.1 Å². The number of ether oxygens (including phenoxy) is 2. The molecule has 0 spiro atoms. The Morgan fingerprint density at radius 1 is 1.00 bits per heavy atom. The Morgan fingerprint density at radius 3 is 2.47 bits per heavy atom. The van der Waals surface area contributed by atoms with E-state index < -0.39 is 0 Å². The number of oxazole rings is 1. The molecular weight excluding hydrogens is 434 g/mol. The molecule has 1 aliphatic heterocycles. The number of furan rings is 1. The quantitative estimate of drug-likeness (QED) is 0.506. The highest BCUT2D eigenvalue weighted by Crippen LogP contribution is 2.24. The van der Waals surface area contributed by atoms with Gasteiger partial charge in [0.2, 0.25) is 5.89 Å². The second kappa shape index (κ2) is 10.3.